The van der Waals surface area contributed by atoms with Gasteiger partial charge in [-0.1, -0.05) is 18.7 Å². The molecule has 2 nitrogen and oxygen atoms in total. The maximum Gasteiger partial charge on any atom is 0.416 e. The summed E-state index contributed by atoms with van der Waals surface area (Å²) in [6, 6.07) is 4.44. The molecule has 1 aromatic rings. The first-order chi connectivity index (χ1) is 7.80. The van der Waals surface area contributed by atoms with E-state index in [4.69, 9.17) is 4.74 Å². The molecule has 0 spiro atoms. The topological polar surface area (TPSA) is 26.3 Å². The van der Waals surface area contributed by atoms with E-state index in [0.717, 1.165) is 12.1 Å². The Morgan fingerprint density at radius 1 is 1.29 bits per heavy atom. The van der Waals surface area contributed by atoms with Gasteiger partial charge in [0.1, 0.15) is 6.61 Å². The first kappa shape index (κ1) is 13.3. The number of alkyl halides is 3. The van der Waals surface area contributed by atoms with Crippen molar-refractivity contribution in [2.45, 2.75) is 19.7 Å². The third-order valence-corrected chi connectivity index (χ3v) is 2.00. The fourth-order valence-electron chi connectivity index (χ4n) is 1.06. The molecule has 0 atom stereocenters. The van der Waals surface area contributed by atoms with Crippen LogP contribution in [0.4, 0.5) is 13.2 Å². The van der Waals surface area contributed by atoms with E-state index in [9.17, 15) is 18.0 Å². The molecule has 1 rings (SSSR count). The summed E-state index contributed by atoms with van der Waals surface area (Å²) in [6.45, 7) is 4.82. The lowest BCUT2D eigenvalue weighted by molar-refractivity contribution is -0.140. The van der Waals surface area contributed by atoms with Gasteiger partial charge in [0, 0.05) is 5.57 Å². The van der Waals surface area contributed by atoms with Gasteiger partial charge in [-0.25, -0.2) is 4.79 Å². The average molecular weight is 244 g/mol. The molecular weight excluding hydrogens is 233 g/mol. The van der Waals surface area contributed by atoms with Gasteiger partial charge in [-0.05, 0) is 24.6 Å². The van der Waals surface area contributed by atoms with Crippen LogP contribution in [0.5, 0.6) is 0 Å². The number of halogens is 3. The minimum atomic E-state index is -4.35. The van der Waals surface area contributed by atoms with Crippen LogP contribution in [0, 0.1) is 0 Å². The van der Waals surface area contributed by atoms with E-state index in [2.05, 4.69) is 6.58 Å². The van der Waals surface area contributed by atoms with E-state index < -0.39 is 17.7 Å². The summed E-state index contributed by atoms with van der Waals surface area (Å²) in [4.78, 5) is 11.0. The molecule has 17 heavy (non-hydrogen) atoms. The van der Waals surface area contributed by atoms with Crippen molar-refractivity contribution in [1.82, 2.24) is 0 Å². The van der Waals surface area contributed by atoms with E-state index in [1.165, 1.54) is 19.1 Å². The maximum atomic E-state index is 12.2. The summed E-state index contributed by atoms with van der Waals surface area (Å²) in [5.41, 5.74) is 0.0111. The molecule has 0 saturated heterocycles. The minimum Gasteiger partial charge on any atom is -0.457 e. The van der Waals surface area contributed by atoms with Crippen molar-refractivity contribution >= 4 is 5.97 Å². The molecule has 1 aromatic carbocycles. The molecule has 92 valence electrons. The lowest BCUT2D eigenvalue weighted by Crippen LogP contribution is -2.06. The number of rotatable bonds is 3. The van der Waals surface area contributed by atoms with Crippen LogP contribution in [0.1, 0.15) is 18.1 Å². The zero-order valence-corrected chi connectivity index (χ0v) is 9.17. The molecule has 0 aliphatic rings. The Balaban J connectivity index is 2.63. The van der Waals surface area contributed by atoms with Crippen molar-refractivity contribution in [3.8, 4) is 0 Å². The average Bonchev–Trinajstić information content (AvgIpc) is 2.25. The van der Waals surface area contributed by atoms with Crippen LogP contribution in [-0.2, 0) is 22.3 Å². The number of hydrogen-bond donors (Lipinski definition) is 0. The number of carbonyl (C=O) groups excluding carboxylic acids is 1. The Kier molecular flexibility index (Phi) is 3.93. The summed E-state index contributed by atoms with van der Waals surface area (Å²) in [5.74, 6) is -0.565. The third kappa shape index (κ3) is 3.94. The second-order valence-corrected chi connectivity index (χ2v) is 3.55. The first-order valence-corrected chi connectivity index (χ1v) is 4.79. The normalized spacial score (nSPS) is 11.1. The van der Waals surface area contributed by atoms with Crippen LogP contribution >= 0.6 is 0 Å². The second kappa shape index (κ2) is 5.03. The molecule has 0 unspecified atom stereocenters. The molecule has 0 aromatic heterocycles. The van der Waals surface area contributed by atoms with E-state index in [1.807, 2.05) is 0 Å². The molecule has 0 heterocycles. The van der Waals surface area contributed by atoms with Crippen molar-refractivity contribution in [3.05, 3.63) is 47.5 Å². The quantitative estimate of drug-likeness (QED) is 0.602. The number of ether oxygens (including phenoxy) is 1. The zero-order valence-electron chi connectivity index (χ0n) is 9.17. The summed E-state index contributed by atoms with van der Waals surface area (Å²) in [7, 11) is 0. The fourth-order valence-corrected chi connectivity index (χ4v) is 1.06. The van der Waals surface area contributed by atoms with E-state index in [0.29, 0.717) is 5.56 Å². The van der Waals surface area contributed by atoms with Crippen molar-refractivity contribution in [1.29, 1.82) is 0 Å². The molecule has 5 heteroatoms. The van der Waals surface area contributed by atoms with E-state index in [1.54, 1.807) is 0 Å². The van der Waals surface area contributed by atoms with Crippen molar-refractivity contribution in [2.24, 2.45) is 0 Å². The SMILES string of the molecule is C=C(C)C(=O)OCc1ccc(C(F)(F)F)cc1. The molecular formula is C12H11F3O2. The van der Waals surface area contributed by atoms with Crippen LogP contribution in [0.25, 0.3) is 0 Å². The highest BCUT2D eigenvalue weighted by molar-refractivity contribution is 5.86. The van der Waals surface area contributed by atoms with Crippen molar-refractivity contribution in [2.75, 3.05) is 0 Å². The highest BCUT2D eigenvalue weighted by Crippen LogP contribution is 2.29. The Hall–Kier alpha value is -1.78. The predicted octanol–water partition coefficient (Wildman–Crippen LogP) is 3.32. The molecule has 0 N–H and O–H groups in total. The summed E-state index contributed by atoms with van der Waals surface area (Å²) < 4.78 is 41.5. The van der Waals surface area contributed by atoms with Gasteiger partial charge in [0.15, 0.2) is 0 Å². The van der Waals surface area contributed by atoms with Crippen LogP contribution in [0.15, 0.2) is 36.4 Å². The maximum absolute atomic E-state index is 12.2. The molecule has 0 radical (unpaired) electrons. The predicted molar refractivity (Wildman–Crippen MR) is 56.1 cm³/mol. The molecule has 0 saturated carbocycles. The summed E-state index contributed by atoms with van der Waals surface area (Å²) >= 11 is 0. The first-order valence-electron chi connectivity index (χ1n) is 4.79. The van der Waals surface area contributed by atoms with Crippen LogP contribution in [-0.4, -0.2) is 5.97 Å². The lowest BCUT2D eigenvalue weighted by atomic mass is 10.1. The van der Waals surface area contributed by atoms with Gasteiger partial charge < -0.3 is 4.74 Å². The monoisotopic (exact) mass is 244 g/mol. The molecule has 0 aliphatic carbocycles. The number of hydrogen-bond acceptors (Lipinski definition) is 2. The van der Waals surface area contributed by atoms with E-state index in [-0.39, 0.29) is 12.2 Å². The summed E-state index contributed by atoms with van der Waals surface area (Å²) in [6.07, 6.45) is -4.35. The van der Waals surface area contributed by atoms with Crippen molar-refractivity contribution < 1.29 is 22.7 Å². The van der Waals surface area contributed by atoms with Crippen LogP contribution < -0.4 is 0 Å². The van der Waals surface area contributed by atoms with Gasteiger partial charge in [0.2, 0.25) is 0 Å². The lowest BCUT2D eigenvalue weighted by Gasteiger charge is -2.08. The summed E-state index contributed by atoms with van der Waals surface area (Å²) in [5, 5.41) is 0. The van der Waals surface area contributed by atoms with Gasteiger partial charge >= 0.3 is 12.1 Å². The number of benzene rings is 1. The largest absolute Gasteiger partial charge is 0.457 e. The highest BCUT2D eigenvalue weighted by atomic mass is 19.4. The van der Waals surface area contributed by atoms with Gasteiger partial charge in [0.05, 0.1) is 5.56 Å². The second-order valence-electron chi connectivity index (χ2n) is 3.55. The van der Waals surface area contributed by atoms with Gasteiger partial charge in [-0.3, -0.25) is 0 Å². The minimum absolute atomic E-state index is 0.0656. The fraction of sp³-hybridized carbons (Fsp3) is 0.250. The standard InChI is InChI=1S/C12H11F3O2/c1-8(2)11(16)17-7-9-3-5-10(6-4-9)12(13,14)15/h3-6H,1,7H2,2H3. The number of carbonyl (C=O) groups is 1. The zero-order chi connectivity index (χ0) is 13.1. The highest BCUT2D eigenvalue weighted by Gasteiger charge is 2.29. The Morgan fingerprint density at radius 2 is 1.82 bits per heavy atom. The smallest absolute Gasteiger partial charge is 0.416 e. The Bertz CT molecular complexity index is 418. The van der Waals surface area contributed by atoms with Gasteiger partial charge in [-0.15, -0.1) is 0 Å². The molecule has 0 amide bonds. The van der Waals surface area contributed by atoms with Crippen LogP contribution in [0.3, 0.4) is 0 Å². The molecule has 0 bridgehead atoms. The molecule has 0 fully saturated rings. The van der Waals surface area contributed by atoms with E-state index >= 15 is 0 Å². The van der Waals surface area contributed by atoms with Gasteiger partial charge in [0.25, 0.3) is 0 Å². The Labute approximate surface area is 96.7 Å². The Morgan fingerprint density at radius 3 is 2.24 bits per heavy atom. The van der Waals surface area contributed by atoms with Crippen molar-refractivity contribution in [3.63, 3.8) is 0 Å². The van der Waals surface area contributed by atoms with Crippen LogP contribution in [0.2, 0.25) is 0 Å². The molecule has 0 aliphatic heterocycles. The number of esters is 1. The third-order valence-electron chi connectivity index (χ3n) is 2.00. The van der Waals surface area contributed by atoms with Gasteiger partial charge in [-0.2, -0.15) is 13.2 Å².